The van der Waals surface area contributed by atoms with Crippen molar-refractivity contribution in [3.63, 3.8) is 0 Å². The predicted octanol–water partition coefficient (Wildman–Crippen LogP) is 1.75. The molecule has 1 unspecified atom stereocenters. The van der Waals surface area contributed by atoms with Crippen molar-refractivity contribution in [2.75, 3.05) is 6.54 Å². The Morgan fingerprint density at radius 1 is 1.22 bits per heavy atom. The molecule has 0 aromatic heterocycles. The van der Waals surface area contributed by atoms with E-state index in [2.05, 4.69) is 0 Å². The van der Waals surface area contributed by atoms with Crippen molar-refractivity contribution in [2.24, 2.45) is 0 Å². The van der Waals surface area contributed by atoms with Gasteiger partial charge in [-0.3, -0.25) is 9.69 Å². The fourth-order valence-corrected chi connectivity index (χ4v) is 2.60. The highest BCUT2D eigenvalue weighted by molar-refractivity contribution is 6.04. The molecule has 2 aliphatic rings. The van der Waals surface area contributed by atoms with Crippen LogP contribution in [0.2, 0.25) is 0 Å². The molecule has 0 radical (unpaired) electrons. The standard InChI is InChI=1S/C13H13FN2O2/c14-10-5-3-9(4-6-10)8-16-12(17)11-2-1-7-15(11)13(16)18/h3-6,11H,1-2,7-8H2. The van der Waals surface area contributed by atoms with E-state index in [9.17, 15) is 14.0 Å². The van der Waals surface area contributed by atoms with Crippen molar-refractivity contribution in [2.45, 2.75) is 25.4 Å². The summed E-state index contributed by atoms with van der Waals surface area (Å²) < 4.78 is 12.8. The number of imide groups is 1. The summed E-state index contributed by atoms with van der Waals surface area (Å²) in [7, 11) is 0. The second-order valence-electron chi connectivity index (χ2n) is 4.68. The number of halogens is 1. The molecule has 0 aliphatic carbocycles. The van der Waals surface area contributed by atoms with Gasteiger partial charge in [0.1, 0.15) is 11.9 Å². The number of carbonyl (C=O) groups excluding carboxylic acids is 2. The Bertz CT molecular complexity index is 478. The van der Waals surface area contributed by atoms with E-state index in [1.54, 1.807) is 17.0 Å². The van der Waals surface area contributed by atoms with Crippen LogP contribution in [-0.4, -0.2) is 34.3 Å². The number of carbonyl (C=O) groups is 2. The second-order valence-corrected chi connectivity index (χ2v) is 4.68. The van der Waals surface area contributed by atoms with Crippen LogP contribution in [0.4, 0.5) is 9.18 Å². The van der Waals surface area contributed by atoms with Gasteiger partial charge < -0.3 is 4.90 Å². The van der Waals surface area contributed by atoms with Crippen LogP contribution in [-0.2, 0) is 11.3 Å². The first-order valence-electron chi connectivity index (χ1n) is 6.03. The molecule has 2 heterocycles. The summed E-state index contributed by atoms with van der Waals surface area (Å²) in [5.74, 6) is -0.444. The lowest BCUT2D eigenvalue weighted by molar-refractivity contribution is -0.128. The van der Waals surface area contributed by atoms with Crippen LogP contribution >= 0.6 is 0 Å². The zero-order chi connectivity index (χ0) is 12.7. The molecule has 1 aromatic carbocycles. The molecule has 4 nitrogen and oxygen atoms in total. The van der Waals surface area contributed by atoms with Crippen molar-refractivity contribution in [1.29, 1.82) is 0 Å². The molecule has 3 rings (SSSR count). The highest BCUT2D eigenvalue weighted by atomic mass is 19.1. The molecule has 2 aliphatic heterocycles. The van der Waals surface area contributed by atoms with Crippen molar-refractivity contribution in [3.8, 4) is 0 Å². The first-order chi connectivity index (χ1) is 8.66. The van der Waals surface area contributed by atoms with Gasteiger partial charge >= 0.3 is 6.03 Å². The van der Waals surface area contributed by atoms with Crippen LogP contribution in [0.3, 0.4) is 0 Å². The number of hydrogen-bond acceptors (Lipinski definition) is 2. The van der Waals surface area contributed by atoms with E-state index in [0.29, 0.717) is 6.54 Å². The Kier molecular flexibility index (Phi) is 2.54. The Morgan fingerprint density at radius 3 is 2.61 bits per heavy atom. The topological polar surface area (TPSA) is 40.6 Å². The van der Waals surface area contributed by atoms with Gasteiger partial charge in [0.15, 0.2) is 0 Å². The lowest BCUT2D eigenvalue weighted by Crippen LogP contribution is -2.32. The van der Waals surface area contributed by atoms with E-state index in [4.69, 9.17) is 0 Å². The van der Waals surface area contributed by atoms with Gasteiger partial charge in [0.25, 0.3) is 5.91 Å². The lowest BCUT2D eigenvalue weighted by Gasteiger charge is -2.15. The first-order valence-corrected chi connectivity index (χ1v) is 6.03. The maximum atomic E-state index is 12.8. The van der Waals surface area contributed by atoms with E-state index >= 15 is 0 Å². The number of hydrogen-bond donors (Lipinski definition) is 0. The fraction of sp³-hybridized carbons (Fsp3) is 0.385. The average molecular weight is 248 g/mol. The van der Waals surface area contributed by atoms with Gasteiger partial charge in [-0.2, -0.15) is 0 Å². The van der Waals surface area contributed by atoms with Gasteiger partial charge in [-0.05, 0) is 30.5 Å². The zero-order valence-electron chi connectivity index (χ0n) is 9.80. The Labute approximate surface area is 104 Å². The summed E-state index contributed by atoms with van der Waals surface area (Å²) in [6.07, 6.45) is 1.65. The predicted molar refractivity (Wildman–Crippen MR) is 62.1 cm³/mol. The van der Waals surface area contributed by atoms with Gasteiger partial charge in [0.05, 0.1) is 6.54 Å². The summed E-state index contributed by atoms with van der Waals surface area (Å²) >= 11 is 0. The molecular formula is C13H13FN2O2. The smallest absolute Gasteiger partial charge is 0.312 e. The summed E-state index contributed by atoms with van der Waals surface area (Å²) in [6.45, 7) is 0.889. The van der Waals surface area contributed by atoms with Crippen molar-refractivity contribution >= 4 is 11.9 Å². The second kappa shape index (κ2) is 4.08. The molecule has 2 saturated heterocycles. The number of nitrogens with zero attached hydrogens (tertiary/aromatic N) is 2. The van der Waals surface area contributed by atoms with Crippen molar-refractivity contribution < 1.29 is 14.0 Å². The van der Waals surface area contributed by atoms with Gasteiger partial charge in [0, 0.05) is 6.54 Å². The SMILES string of the molecule is O=C1C2CCCN2C(=O)N1Cc1ccc(F)cc1. The number of urea groups is 1. The third-order valence-electron chi connectivity index (χ3n) is 3.53. The molecule has 94 valence electrons. The minimum Gasteiger partial charge on any atom is -0.312 e. The highest BCUT2D eigenvalue weighted by Crippen LogP contribution is 2.28. The number of benzene rings is 1. The van der Waals surface area contributed by atoms with Crippen LogP contribution in [0.15, 0.2) is 24.3 Å². The monoisotopic (exact) mass is 248 g/mol. The van der Waals surface area contributed by atoms with Gasteiger partial charge in [-0.25, -0.2) is 9.18 Å². The van der Waals surface area contributed by atoms with Crippen LogP contribution < -0.4 is 0 Å². The zero-order valence-corrected chi connectivity index (χ0v) is 9.80. The molecule has 0 spiro atoms. The molecule has 0 N–H and O–H groups in total. The van der Waals surface area contributed by atoms with E-state index in [1.807, 2.05) is 0 Å². The molecule has 5 heteroatoms. The van der Waals surface area contributed by atoms with E-state index in [-0.39, 0.29) is 30.3 Å². The quantitative estimate of drug-likeness (QED) is 0.748. The third kappa shape index (κ3) is 1.66. The van der Waals surface area contributed by atoms with Gasteiger partial charge in [-0.1, -0.05) is 12.1 Å². The number of fused-ring (bicyclic) bond motifs is 1. The third-order valence-corrected chi connectivity index (χ3v) is 3.53. The van der Waals surface area contributed by atoms with Gasteiger partial charge in [0.2, 0.25) is 0 Å². The highest BCUT2D eigenvalue weighted by Gasteiger charge is 2.46. The summed E-state index contributed by atoms with van der Waals surface area (Å²) in [6, 6.07) is 5.38. The van der Waals surface area contributed by atoms with Crippen LogP contribution in [0.5, 0.6) is 0 Å². The molecule has 0 bridgehead atoms. The minimum absolute atomic E-state index is 0.123. The van der Waals surface area contributed by atoms with Crippen LogP contribution in [0, 0.1) is 5.82 Å². The minimum atomic E-state index is -0.321. The average Bonchev–Trinajstić information content (AvgIpc) is 2.92. The first kappa shape index (κ1) is 11.2. The molecule has 1 atom stereocenters. The Hall–Kier alpha value is -1.91. The van der Waals surface area contributed by atoms with Crippen molar-refractivity contribution in [3.05, 3.63) is 35.6 Å². The molecule has 18 heavy (non-hydrogen) atoms. The fourth-order valence-electron chi connectivity index (χ4n) is 2.60. The Balaban J connectivity index is 1.79. The van der Waals surface area contributed by atoms with Crippen molar-refractivity contribution in [1.82, 2.24) is 9.80 Å². The summed E-state index contributed by atoms with van der Waals surface area (Å²) in [5, 5.41) is 0. The van der Waals surface area contributed by atoms with E-state index in [1.165, 1.54) is 17.0 Å². The molecule has 2 fully saturated rings. The van der Waals surface area contributed by atoms with E-state index in [0.717, 1.165) is 18.4 Å². The number of rotatable bonds is 2. The van der Waals surface area contributed by atoms with E-state index < -0.39 is 0 Å². The van der Waals surface area contributed by atoms with Gasteiger partial charge in [-0.15, -0.1) is 0 Å². The molecular weight excluding hydrogens is 235 g/mol. The maximum absolute atomic E-state index is 12.8. The lowest BCUT2D eigenvalue weighted by atomic mass is 10.2. The molecule has 3 amide bonds. The number of amides is 3. The van der Waals surface area contributed by atoms with Crippen LogP contribution in [0.1, 0.15) is 18.4 Å². The summed E-state index contributed by atoms with van der Waals surface area (Å²) in [5.41, 5.74) is 0.763. The largest absolute Gasteiger partial charge is 0.327 e. The summed E-state index contributed by atoms with van der Waals surface area (Å²) in [4.78, 5) is 27.0. The Morgan fingerprint density at radius 2 is 1.94 bits per heavy atom. The van der Waals surface area contributed by atoms with Crippen LogP contribution in [0.25, 0.3) is 0 Å². The molecule has 1 aromatic rings. The molecule has 0 saturated carbocycles. The maximum Gasteiger partial charge on any atom is 0.327 e. The normalized spacial score (nSPS) is 22.8.